The average molecular weight is 514 g/mol. The lowest BCUT2D eigenvalue weighted by Gasteiger charge is -2.45. The van der Waals surface area contributed by atoms with Gasteiger partial charge in [-0.25, -0.2) is 0 Å². The summed E-state index contributed by atoms with van der Waals surface area (Å²) in [6.45, 7) is 15.9. The van der Waals surface area contributed by atoms with E-state index in [2.05, 4.69) is 70.3 Å². The van der Waals surface area contributed by atoms with E-state index in [4.69, 9.17) is 9.41 Å². The maximum absolute atomic E-state index is 12.0. The molecule has 1 spiro atoms. The molecule has 3 rings (SSSR count). The first kappa shape index (κ1) is 22.4. The molecule has 28 heavy (non-hydrogen) atoms. The van der Waals surface area contributed by atoms with E-state index in [1.807, 2.05) is 0 Å². The number of aromatic nitrogens is 1. The van der Waals surface area contributed by atoms with Gasteiger partial charge in [-0.3, -0.25) is 9.78 Å². The summed E-state index contributed by atoms with van der Waals surface area (Å²) in [5.41, 5.74) is 4.50. The van der Waals surface area contributed by atoms with Crippen LogP contribution in [-0.2, 0) is 10.8 Å². The Hall–Kier alpha value is -0.273. The van der Waals surface area contributed by atoms with Crippen LogP contribution in [-0.4, -0.2) is 19.6 Å². The largest absolute Gasteiger partial charge is 0.410 e. The second-order valence-corrected chi connectivity index (χ2v) is 16.6. The Kier molecular flexibility index (Phi) is 6.22. The number of hydrogen-bond acceptors (Lipinski definition) is 3. The summed E-state index contributed by atoms with van der Waals surface area (Å²) in [7, 11) is -1.93. The molecule has 1 aromatic heterocycles. The van der Waals surface area contributed by atoms with Crippen molar-refractivity contribution in [1.82, 2.24) is 4.98 Å². The van der Waals surface area contributed by atoms with Crippen LogP contribution in [0.1, 0.15) is 106 Å². The van der Waals surface area contributed by atoms with Gasteiger partial charge in [0.2, 0.25) is 0 Å². The molecular weight excluding hydrogens is 477 g/mol. The predicted octanol–water partition coefficient (Wildman–Crippen LogP) is 7.19. The summed E-state index contributed by atoms with van der Waals surface area (Å²) in [5, 5.41) is 0.164. The monoisotopic (exact) mass is 513 g/mol. The van der Waals surface area contributed by atoms with Crippen LogP contribution in [0.15, 0.2) is 0 Å². The first-order chi connectivity index (χ1) is 12.9. The van der Waals surface area contributed by atoms with Crippen molar-refractivity contribution in [3.05, 3.63) is 26.1 Å². The molecule has 3 nitrogen and oxygen atoms in total. The van der Waals surface area contributed by atoms with Gasteiger partial charge < -0.3 is 4.43 Å². The van der Waals surface area contributed by atoms with Gasteiger partial charge >= 0.3 is 0 Å². The number of nitrogens with zero attached hydrogens (tertiary/aromatic N) is 1. The van der Waals surface area contributed by atoms with Crippen molar-refractivity contribution in [3.8, 4) is 0 Å². The van der Waals surface area contributed by atoms with Crippen LogP contribution in [0.4, 0.5) is 0 Å². The van der Waals surface area contributed by atoms with E-state index >= 15 is 0 Å². The number of carbonyl (C=O) groups excluding carboxylic acids is 1. The Morgan fingerprint density at radius 2 is 1.86 bits per heavy atom. The van der Waals surface area contributed by atoms with Crippen LogP contribution in [0, 0.1) is 8.99 Å². The topological polar surface area (TPSA) is 39.2 Å². The van der Waals surface area contributed by atoms with Crippen LogP contribution < -0.4 is 0 Å². The first-order valence-electron chi connectivity index (χ1n) is 10.8. The van der Waals surface area contributed by atoms with E-state index in [-0.39, 0.29) is 17.1 Å². The van der Waals surface area contributed by atoms with Crippen molar-refractivity contribution in [1.29, 1.82) is 0 Å². The predicted molar refractivity (Wildman–Crippen MR) is 127 cm³/mol. The fourth-order valence-corrected chi connectivity index (χ4v) is 7.05. The molecule has 2 aliphatic carbocycles. The van der Waals surface area contributed by atoms with E-state index in [1.54, 1.807) is 0 Å². The Morgan fingerprint density at radius 1 is 1.25 bits per heavy atom. The number of rotatable bonds is 4. The van der Waals surface area contributed by atoms with Crippen molar-refractivity contribution in [3.63, 3.8) is 0 Å². The molecule has 0 saturated heterocycles. The molecule has 1 atom stereocenters. The molecule has 0 aliphatic heterocycles. The van der Waals surface area contributed by atoms with Crippen molar-refractivity contribution in [2.75, 3.05) is 0 Å². The van der Waals surface area contributed by atoms with Crippen LogP contribution in [0.5, 0.6) is 0 Å². The third kappa shape index (κ3) is 4.00. The maximum Gasteiger partial charge on any atom is 0.192 e. The summed E-state index contributed by atoms with van der Waals surface area (Å²) >= 11 is 2.39. The zero-order valence-corrected chi connectivity index (χ0v) is 21.8. The molecule has 0 N–H and O–H groups in total. The standard InChI is InChI=1S/C23H36INO2Si/c1-15(2)21-16(14-26)20(24)19-17(25-21)12-23(10-8-9-11-23)13-18(19)27-28(6,7)22(3,4)5/h14-15,18H,8-13H2,1-7H3. The van der Waals surface area contributed by atoms with E-state index in [0.29, 0.717) is 5.41 Å². The number of hydrogen-bond donors (Lipinski definition) is 0. The maximum atomic E-state index is 12.0. The summed E-state index contributed by atoms with van der Waals surface area (Å²) in [6, 6.07) is 0. The van der Waals surface area contributed by atoms with Gasteiger partial charge in [-0.15, -0.1) is 0 Å². The van der Waals surface area contributed by atoms with Crippen LogP contribution in [0.25, 0.3) is 0 Å². The van der Waals surface area contributed by atoms with Crippen molar-refractivity contribution in [2.24, 2.45) is 5.41 Å². The van der Waals surface area contributed by atoms with Gasteiger partial charge in [0.25, 0.3) is 0 Å². The molecule has 156 valence electrons. The number of aldehydes is 1. The third-order valence-corrected chi connectivity index (χ3v) is 13.0. The fraction of sp³-hybridized carbons (Fsp3) is 0.739. The number of carbonyl (C=O) groups is 1. The first-order valence-corrected chi connectivity index (χ1v) is 14.7. The summed E-state index contributed by atoms with van der Waals surface area (Å²) < 4.78 is 8.10. The Morgan fingerprint density at radius 3 is 2.36 bits per heavy atom. The number of fused-ring (bicyclic) bond motifs is 1. The van der Waals surface area contributed by atoms with Crippen molar-refractivity contribution >= 4 is 37.2 Å². The molecule has 0 amide bonds. The van der Waals surface area contributed by atoms with Gasteiger partial charge in [0.1, 0.15) is 0 Å². The molecule has 1 aromatic rings. The van der Waals surface area contributed by atoms with Gasteiger partial charge in [0.15, 0.2) is 14.6 Å². The minimum Gasteiger partial charge on any atom is -0.410 e. The Bertz CT molecular complexity index is 761. The molecule has 1 saturated carbocycles. The highest BCUT2D eigenvalue weighted by Gasteiger charge is 2.47. The molecular formula is C23H36INO2Si. The quantitative estimate of drug-likeness (QED) is 0.243. The molecule has 1 heterocycles. The molecule has 1 fully saturated rings. The molecule has 1 unspecified atom stereocenters. The van der Waals surface area contributed by atoms with Gasteiger partial charge in [-0.05, 0) is 77.7 Å². The normalized spacial score (nSPS) is 22.0. The van der Waals surface area contributed by atoms with E-state index < -0.39 is 8.32 Å². The lowest BCUT2D eigenvalue weighted by Crippen LogP contribution is -2.44. The van der Waals surface area contributed by atoms with Gasteiger partial charge in [-0.1, -0.05) is 47.5 Å². The summed E-state index contributed by atoms with van der Waals surface area (Å²) in [5.74, 6) is 0.250. The molecule has 0 bridgehead atoms. The zero-order chi connectivity index (χ0) is 20.9. The highest BCUT2D eigenvalue weighted by Crippen LogP contribution is 2.54. The second kappa shape index (κ2) is 7.77. The number of pyridine rings is 1. The fourth-order valence-electron chi connectivity index (χ4n) is 4.73. The Balaban J connectivity index is 2.15. The van der Waals surface area contributed by atoms with Gasteiger partial charge in [0, 0.05) is 20.4 Å². The van der Waals surface area contributed by atoms with Crippen molar-refractivity contribution < 1.29 is 9.22 Å². The van der Waals surface area contributed by atoms with Crippen LogP contribution in [0.2, 0.25) is 18.1 Å². The van der Waals surface area contributed by atoms with Crippen LogP contribution in [0.3, 0.4) is 0 Å². The van der Waals surface area contributed by atoms with E-state index in [9.17, 15) is 4.79 Å². The van der Waals surface area contributed by atoms with Gasteiger partial charge in [0.05, 0.1) is 11.8 Å². The minimum atomic E-state index is -1.93. The SMILES string of the molecule is CC(C)c1nc2c(c(I)c1C=O)C(O[Si](C)(C)C(C)(C)C)CC1(CCCC1)C2. The highest BCUT2D eigenvalue weighted by molar-refractivity contribution is 14.1. The van der Waals surface area contributed by atoms with Gasteiger partial charge in [-0.2, -0.15) is 0 Å². The second-order valence-electron chi connectivity index (χ2n) is 10.8. The highest BCUT2D eigenvalue weighted by atomic mass is 127. The third-order valence-electron chi connectivity index (χ3n) is 7.37. The van der Waals surface area contributed by atoms with E-state index in [0.717, 1.165) is 34.0 Å². The molecule has 0 aromatic carbocycles. The molecule has 0 radical (unpaired) electrons. The van der Waals surface area contributed by atoms with Crippen molar-refractivity contribution in [2.45, 2.75) is 103 Å². The lowest BCUT2D eigenvalue weighted by atomic mass is 9.70. The lowest BCUT2D eigenvalue weighted by molar-refractivity contribution is 0.0884. The Labute approximate surface area is 185 Å². The van der Waals surface area contributed by atoms with Crippen LogP contribution >= 0.6 is 22.6 Å². The smallest absolute Gasteiger partial charge is 0.192 e. The zero-order valence-electron chi connectivity index (χ0n) is 18.6. The summed E-state index contributed by atoms with van der Waals surface area (Å²) in [4.78, 5) is 17.1. The molecule has 2 aliphatic rings. The molecule has 5 heteroatoms. The van der Waals surface area contributed by atoms with E-state index in [1.165, 1.54) is 36.9 Å². The minimum absolute atomic E-state index is 0.0713. The summed E-state index contributed by atoms with van der Waals surface area (Å²) in [6.07, 6.45) is 8.43. The number of halogens is 1. The average Bonchev–Trinajstić information content (AvgIpc) is 3.00.